The molecule has 0 atom stereocenters. The monoisotopic (exact) mass is 346 g/mol. The molecule has 3 aromatic rings. The summed E-state index contributed by atoms with van der Waals surface area (Å²) in [7, 11) is 0. The molecule has 0 amide bonds. The Morgan fingerprint density at radius 1 is 1.24 bits per heavy atom. The number of carbonyl (C=O) groups excluding carboxylic acids is 1. The fraction of sp³-hybridized carbons (Fsp3) is 0.222. The maximum Gasteiger partial charge on any atom is 0.387 e. The Morgan fingerprint density at radius 2 is 2.00 bits per heavy atom. The molecule has 0 aliphatic heterocycles. The van der Waals surface area contributed by atoms with Gasteiger partial charge in [0.15, 0.2) is 0 Å². The Kier molecular flexibility index (Phi) is 4.26. The van der Waals surface area contributed by atoms with Crippen LogP contribution < -0.4 is 4.74 Å². The summed E-state index contributed by atoms with van der Waals surface area (Å²) in [6, 6.07) is 11.1. The fourth-order valence-corrected chi connectivity index (χ4v) is 2.65. The number of fused-ring (bicyclic) bond motifs is 1. The lowest BCUT2D eigenvalue weighted by molar-refractivity contribution is -0.0498. The van der Waals surface area contributed by atoms with E-state index in [-0.39, 0.29) is 5.75 Å². The van der Waals surface area contributed by atoms with E-state index in [2.05, 4.69) is 9.84 Å². The predicted octanol–water partition coefficient (Wildman–Crippen LogP) is 3.67. The summed E-state index contributed by atoms with van der Waals surface area (Å²) in [4.78, 5) is 11.1. The number of nitrogens with zero attached hydrogens (tertiary/aromatic N) is 2. The van der Waals surface area contributed by atoms with Crippen LogP contribution >= 0.6 is 0 Å². The van der Waals surface area contributed by atoms with E-state index < -0.39 is 12.2 Å². The second-order valence-corrected chi connectivity index (χ2v) is 6.09. The molecule has 0 unspecified atom stereocenters. The highest BCUT2D eigenvalue weighted by Gasteiger charge is 2.25. The number of hydrogen-bond acceptors (Lipinski definition) is 4. The number of alkyl halides is 2. The molecule has 3 rings (SSSR count). The number of benzene rings is 2. The lowest BCUT2D eigenvalue weighted by Crippen LogP contribution is -2.17. The van der Waals surface area contributed by atoms with Gasteiger partial charge in [0.25, 0.3) is 0 Å². The molecule has 130 valence electrons. The van der Waals surface area contributed by atoms with E-state index >= 15 is 0 Å². The molecule has 5 nitrogen and oxygen atoms in total. The molecule has 25 heavy (non-hydrogen) atoms. The smallest absolute Gasteiger partial charge is 0.387 e. The van der Waals surface area contributed by atoms with Crippen molar-refractivity contribution in [1.29, 1.82) is 0 Å². The number of hydrogen-bond donors (Lipinski definition) is 1. The van der Waals surface area contributed by atoms with E-state index in [0.717, 1.165) is 0 Å². The minimum atomic E-state index is -2.92. The summed E-state index contributed by atoms with van der Waals surface area (Å²) in [5, 5.41) is 15.4. The number of aldehydes is 1. The zero-order valence-corrected chi connectivity index (χ0v) is 13.6. The second kappa shape index (κ2) is 6.25. The van der Waals surface area contributed by atoms with E-state index in [1.165, 1.54) is 16.8 Å². The van der Waals surface area contributed by atoms with Crippen LogP contribution in [0.2, 0.25) is 0 Å². The summed E-state index contributed by atoms with van der Waals surface area (Å²) >= 11 is 0. The summed E-state index contributed by atoms with van der Waals surface area (Å²) in [6.45, 7) is 0.248. The van der Waals surface area contributed by atoms with E-state index in [4.69, 9.17) is 0 Å². The van der Waals surface area contributed by atoms with Gasteiger partial charge in [-0.15, -0.1) is 0 Å². The van der Waals surface area contributed by atoms with Gasteiger partial charge in [0.05, 0.1) is 11.2 Å². The molecule has 0 bridgehead atoms. The molecule has 0 aliphatic rings. The maximum absolute atomic E-state index is 12.4. The normalized spacial score (nSPS) is 11.9. The molecular formula is C18H16F2N2O3. The van der Waals surface area contributed by atoms with Crippen molar-refractivity contribution in [2.45, 2.75) is 26.1 Å². The maximum atomic E-state index is 12.4. The van der Waals surface area contributed by atoms with Crippen LogP contribution in [0.15, 0.2) is 42.5 Å². The standard InChI is InChI=1S/C18H16F2N2O3/c1-18(2,24)16-14-8-11(10-23)6-7-15(14)22(21-16)12-4-3-5-13(9-12)25-17(19)20/h3-10,17,24H,1-2H3. The number of ether oxygens (including phenoxy) is 1. The number of aromatic nitrogens is 2. The highest BCUT2D eigenvalue weighted by molar-refractivity contribution is 5.90. The molecule has 0 spiro atoms. The van der Waals surface area contributed by atoms with Gasteiger partial charge in [0.2, 0.25) is 0 Å². The number of rotatable bonds is 5. The van der Waals surface area contributed by atoms with Crippen LogP contribution in [0.3, 0.4) is 0 Å². The van der Waals surface area contributed by atoms with Gasteiger partial charge in [0, 0.05) is 17.0 Å². The van der Waals surface area contributed by atoms with Gasteiger partial charge < -0.3 is 9.84 Å². The third-order valence-electron chi connectivity index (χ3n) is 3.71. The first-order valence-electron chi connectivity index (χ1n) is 7.55. The minimum Gasteiger partial charge on any atom is -0.435 e. The SMILES string of the molecule is CC(C)(O)c1nn(-c2cccc(OC(F)F)c2)c2ccc(C=O)cc12. The lowest BCUT2D eigenvalue weighted by atomic mass is 10.0. The van der Waals surface area contributed by atoms with Gasteiger partial charge in [-0.1, -0.05) is 6.07 Å². The quantitative estimate of drug-likeness (QED) is 0.716. The average Bonchev–Trinajstić information content (AvgIpc) is 2.93. The van der Waals surface area contributed by atoms with Gasteiger partial charge in [-0.25, -0.2) is 4.68 Å². The van der Waals surface area contributed by atoms with E-state index in [1.807, 2.05) is 0 Å². The van der Waals surface area contributed by atoms with Crippen molar-refractivity contribution >= 4 is 17.2 Å². The lowest BCUT2D eigenvalue weighted by Gasteiger charge is -2.14. The summed E-state index contributed by atoms with van der Waals surface area (Å²) < 4.78 is 30.8. The van der Waals surface area contributed by atoms with Gasteiger partial charge in [-0.2, -0.15) is 13.9 Å². The molecule has 0 saturated carbocycles. The highest BCUT2D eigenvalue weighted by atomic mass is 19.3. The molecule has 0 aliphatic carbocycles. The summed E-state index contributed by atoms with van der Waals surface area (Å²) in [5.74, 6) is 0.00507. The van der Waals surface area contributed by atoms with Gasteiger partial charge >= 0.3 is 6.61 Å². The first-order valence-corrected chi connectivity index (χ1v) is 7.55. The van der Waals surface area contributed by atoms with Crippen LogP contribution in [0.25, 0.3) is 16.6 Å². The van der Waals surface area contributed by atoms with Crippen molar-refractivity contribution in [1.82, 2.24) is 9.78 Å². The van der Waals surface area contributed by atoms with Crippen LogP contribution in [0.1, 0.15) is 29.9 Å². The Morgan fingerprint density at radius 3 is 2.64 bits per heavy atom. The fourth-order valence-electron chi connectivity index (χ4n) is 2.65. The highest BCUT2D eigenvalue weighted by Crippen LogP contribution is 2.31. The second-order valence-electron chi connectivity index (χ2n) is 6.09. The molecule has 2 aromatic carbocycles. The number of carbonyl (C=O) groups is 1. The number of halogens is 2. The van der Waals surface area contributed by atoms with Gasteiger partial charge in [0.1, 0.15) is 23.3 Å². The molecule has 0 fully saturated rings. The zero-order chi connectivity index (χ0) is 18.2. The van der Waals surface area contributed by atoms with Gasteiger partial charge in [-0.05, 0) is 44.2 Å². The first-order chi connectivity index (χ1) is 11.8. The van der Waals surface area contributed by atoms with Crippen molar-refractivity contribution in [2.24, 2.45) is 0 Å². The van der Waals surface area contributed by atoms with Crippen LogP contribution in [-0.4, -0.2) is 27.8 Å². The Labute approximate surface area is 142 Å². The van der Waals surface area contributed by atoms with Gasteiger partial charge in [-0.3, -0.25) is 4.79 Å². The Bertz CT molecular complexity index is 930. The molecule has 1 N–H and O–H groups in total. The van der Waals surface area contributed by atoms with E-state index in [9.17, 15) is 18.7 Å². The molecular weight excluding hydrogens is 330 g/mol. The van der Waals surface area contributed by atoms with Crippen LogP contribution in [0, 0.1) is 0 Å². The Balaban J connectivity index is 2.22. The van der Waals surface area contributed by atoms with Crippen LogP contribution in [0.5, 0.6) is 5.75 Å². The largest absolute Gasteiger partial charge is 0.435 e. The van der Waals surface area contributed by atoms with Crippen molar-refractivity contribution in [3.8, 4) is 11.4 Å². The molecule has 1 heterocycles. The zero-order valence-electron chi connectivity index (χ0n) is 13.6. The van der Waals surface area contributed by atoms with Crippen LogP contribution in [0.4, 0.5) is 8.78 Å². The van der Waals surface area contributed by atoms with Crippen LogP contribution in [-0.2, 0) is 5.60 Å². The first kappa shape index (κ1) is 17.0. The third-order valence-corrected chi connectivity index (χ3v) is 3.71. The minimum absolute atomic E-state index is 0.00507. The number of aliphatic hydroxyl groups is 1. The van der Waals surface area contributed by atoms with Crippen molar-refractivity contribution < 1.29 is 23.4 Å². The molecule has 0 radical (unpaired) electrons. The topological polar surface area (TPSA) is 64.3 Å². The molecule has 7 heteroatoms. The summed E-state index contributed by atoms with van der Waals surface area (Å²) in [5.41, 5.74) is 0.718. The third kappa shape index (κ3) is 3.36. The van der Waals surface area contributed by atoms with E-state index in [0.29, 0.717) is 34.1 Å². The van der Waals surface area contributed by atoms with Crippen molar-refractivity contribution in [3.63, 3.8) is 0 Å². The van der Waals surface area contributed by atoms with E-state index in [1.54, 1.807) is 44.2 Å². The molecule has 1 aromatic heterocycles. The van der Waals surface area contributed by atoms with Crippen molar-refractivity contribution in [3.05, 3.63) is 53.7 Å². The Hall–Kier alpha value is -2.80. The summed E-state index contributed by atoms with van der Waals surface area (Å²) in [6.07, 6.45) is 0.710. The molecule has 0 saturated heterocycles. The predicted molar refractivity (Wildman–Crippen MR) is 88.3 cm³/mol. The van der Waals surface area contributed by atoms with Crippen molar-refractivity contribution in [2.75, 3.05) is 0 Å². The average molecular weight is 346 g/mol.